The average molecular weight is 332 g/mol. The minimum absolute atomic E-state index is 0.107. The highest BCUT2D eigenvalue weighted by molar-refractivity contribution is 6.04. The van der Waals surface area contributed by atoms with Crippen molar-refractivity contribution in [1.29, 1.82) is 0 Å². The van der Waals surface area contributed by atoms with Crippen molar-refractivity contribution in [1.82, 2.24) is 15.2 Å². The summed E-state index contributed by atoms with van der Waals surface area (Å²) in [4.78, 5) is 33.4. The van der Waals surface area contributed by atoms with Crippen molar-refractivity contribution in [2.75, 3.05) is 37.6 Å². The van der Waals surface area contributed by atoms with Crippen LogP contribution in [0.2, 0.25) is 0 Å². The monoisotopic (exact) mass is 332 g/mol. The number of amides is 2. The number of anilines is 1. The second kappa shape index (κ2) is 7.64. The average Bonchev–Trinajstić information content (AvgIpc) is 2.59. The number of rotatable bonds is 5. The summed E-state index contributed by atoms with van der Waals surface area (Å²) in [5.74, 6) is 0.984. The third kappa shape index (κ3) is 4.24. The number of carbonyl (C=O) groups is 2. The molecule has 24 heavy (non-hydrogen) atoms. The lowest BCUT2D eigenvalue weighted by molar-refractivity contribution is -0.148. The molecule has 0 aromatic carbocycles. The van der Waals surface area contributed by atoms with Crippen LogP contribution in [0.15, 0.2) is 24.4 Å². The van der Waals surface area contributed by atoms with Gasteiger partial charge in [0.15, 0.2) is 0 Å². The molecule has 1 aliphatic rings. The maximum Gasteiger partial charge on any atom is 0.237 e. The quantitative estimate of drug-likeness (QED) is 0.831. The first-order valence-electron chi connectivity index (χ1n) is 8.56. The van der Waals surface area contributed by atoms with Gasteiger partial charge in [-0.3, -0.25) is 9.59 Å². The van der Waals surface area contributed by atoms with Crippen molar-refractivity contribution in [3.8, 4) is 0 Å². The molecular formula is C18H28N4O2. The number of pyridine rings is 1. The van der Waals surface area contributed by atoms with Gasteiger partial charge in [-0.1, -0.05) is 19.9 Å². The van der Waals surface area contributed by atoms with Gasteiger partial charge in [-0.15, -0.1) is 0 Å². The molecule has 0 spiro atoms. The van der Waals surface area contributed by atoms with Crippen molar-refractivity contribution < 1.29 is 9.59 Å². The second-order valence-corrected chi connectivity index (χ2v) is 7.20. The molecule has 132 valence electrons. The molecule has 6 heteroatoms. The Morgan fingerprint density at radius 2 is 1.88 bits per heavy atom. The van der Waals surface area contributed by atoms with Crippen LogP contribution in [0.5, 0.6) is 0 Å². The maximum atomic E-state index is 12.8. The van der Waals surface area contributed by atoms with Crippen LogP contribution in [0.1, 0.15) is 27.7 Å². The third-order valence-electron chi connectivity index (χ3n) is 4.31. The van der Waals surface area contributed by atoms with E-state index in [4.69, 9.17) is 0 Å². The molecule has 6 nitrogen and oxygen atoms in total. The maximum absolute atomic E-state index is 12.8. The van der Waals surface area contributed by atoms with Crippen LogP contribution in [0.3, 0.4) is 0 Å². The predicted molar refractivity (Wildman–Crippen MR) is 94.7 cm³/mol. The zero-order valence-corrected chi connectivity index (χ0v) is 15.1. The van der Waals surface area contributed by atoms with Gasteiger partial charge in [0.05, 0.1) is 0 Å². The van der Waals surface area contributed by atoms with Crippen LogP contribution >= 0.6 is 0 Å². The Labute approximate surface area is 144 Å². The highest BCUT2D eigenvalue weighted by atomic mass is 16.2. The normalized spacial score (nSPS) is 15.5. The van der Waals surface area contributed by atoms with Gasteiger partial charge in [0.2, 0.25) is 11.8 Å². The minimum Gasteiger partial charge on any atom is -0.355 e. The molecule has 0 radical (unpaired) electrons. The van der Waals surface area contributed by atoms with E-state index >= 15 is 0 Å². The van der Waals surface area contributed by atoms with E-state index in [1.165, 1.54) is 0 Å². The lowest BCUT2D eigenvalue weighted by Crippen LogP contribution is -2.55. The molecule has 2 amide bonds. The lowest BCUT2D eigenvalue weighted by Gasteiger charge is -2.38. The highest BCUT2D eigenvalue weighted by Gasteiger charge is 2.39. The second-order valence-electron chi connectivity index (χ2n) is 7.20. The molecule has 1 aromatic heterocycles. The molecule has 1 saturated heterocycles. The number of carbonyl (C=O) groups excluding carboxylic acids is 2. The smallest absolute Gasteiger partial charge is 0.237 e. The number of piperazine rings is 1. The Bertz CT molecular complexity index is 564. The zero-order valence-electron chi connectivity index (χ0n) is 15.1. The van der Waals surface area contributed by atoms with E-state index in [1.807, 2.05) is 32.0 Å². The predicted octanol–water partition coefficient (Wildman–Crippen LogP) is 1.53. The van der Waals surface area contributed by atoms with E-state index in [2.05, 4.69) is 15.2 Å². The van der Waals surface area contributed by atoms with Crippen LogP contribution < -0.4 is 10.2 Å². The molecule has 1 aliphatic heterocycles. The van der Waals surface area contributed by atoms with Crippen molar-refractivity contribution >= 4 is 17.6 Å². The summed E-state index contributed by atoms with van der Waals surface area (Å²) in [5, 5.41) is 2.87. The van der Waals surface area contributed by atoms with Crippen molar-refractivity contribution in [2.45, 2.75) is 27.7 Å². The van der Waals surface area contributed by atoms with Gasteiger partial charge in [0.1, 0.15) is 11.2 Å². The van der Waals surface area contributed by atoms with E-state index in [-0.39, 0.29) is 11.8 Å². The van der Waals surface area contributed by atoms with Gasteiger partial charge in [0.25, 0.3) is 0 Å². The highest BCUT2D eigenvalue weighted by Crippen LogP contribution is 2.21. The van der Waals surface area contributed by atoms with Crippen LogP contribution in [-0.2, 0) is 9.59 Å². The van der Waals surface area contributed by atoms with E-state index in [1.54, 1.807) is 24.9 Å². The van der Waals surface area contributed by atoms with Gasteiger partial charge < -0.3 is 15.1 Å². The van der Waals surface area contributed by atoms with Gasteiger partial charge in [-0.25, -0.2) is 4.98 Å². The molecule has 2 rings (SSSR count). The topological polar surface area (TPSA) is 65.5 Å². The Kier molecular flexibility index (Phi) is 5.80. The Morgan fingerprint density at radius 3 is 2.42 bits per heavy atom. The third-order valence-corrected chi connectivity index (χ3v) is 4.31. The van der Waals surface area contributed by atoms with E-state index < -0.39 is 5.41 Å². The molecular weight excluding hydrogens is 304 g/mol. The van der Waals surface area contributed by atoms with Crippen LogP contribution in [0.4, 0.5) is 5.82 Å². The molecule has 0 unspecified atom stereocenters. The number of hydrogen-bond donors (Lipinski definition) is 1. The summed E-state index contributed by atoms with van der Waals surface area (Å²) in [5.41, 5.74) is -1.04. The van der Waals surface area contributed by atoms with Gasteiger partial charge in [-0.2, -0.15) is 0 Å². The fourth-order valence-electron chi connectivity index (χ4n) is 2.69. The number of nitrogens with one attached hydrogen (secondary N) is 1. The Morgan fingerprint density at radius 1 is 1.21 bits per heavy atom. The summed E-state index contributed by atoms with van der Waals surface area (Å²) >= 11 is 0. The number of nitrogens with zero attached hydrogens (tertiary/aromatic N) is 3. The first-order chi connectivity index (χ1) is 11.3. The standard InChI is InChI=1S/C18H28N4O2/c1-14(2)13-20-16(23)18(3,4)17(24)22-11-9-21(10-12-22)15-7-5-6-8-19-15/h5-8,14H,9-13H2,1-4H3,(H,20,23). The van der Waals surface area contributed by atoms with Gasteiger partial charge in [0, 0.05) is 38.9 Å². The summed E-state index contributed by atoms with van der Waals surface area (Å²) in [6.45, 7) is 10.7. The van der Waals surface area contributed by atoms with Crippen molar-refractivity contribution in [2.24, 2.45) is 11.3 Å². The molecule has 1 fully saturated rings. The van der Waals surface area contributed by atoms with E-state index in [0.29, 0.717) is 25.6 Å². The molecule has 0 saturated carbocycles. The summed E-state index contributed by atoms with van der Waals surface area (Å²) in [6.07, 6.45) is 1.77. The SMILES string of the molecule is CC(C)CNC(=O)C(C)(C)C(=O)N1CCN(c2ccccn2)CC1. The number of aromatic nitrogens is 1. The minimum atomic E-state index is -1.04. The van der Waals surface area contributed by atoms with Gasteiger partial charge in [-0.05, 0) is 31.9 Å². The molecule has 0 bridgehead atoms. The van der Waals surface area contributed by atoms with Crippen molar-refractivity contribution in [3.63, 3.8) is 0 Å². The molecule has 2 heterocycles. The molecule has 1 aromatic rings. The molecule has 1 N–H and O–H groups in total. The fraction of sp³-hybridized carbons (Fsp3) is 0.611. The number of hydrogen-bond acceptors (Lipinski definition) is 4. The summed E-state index contributed by atoms with van der Waals surface area (Å²) in [7, 11) is 0. The first-order valence-corrected chi connectivity index (χ1v) is 8.56. The lowest BCUT2D eigenvalue weighted by atomic mass is 9.89. The Balaban J connectivity index is 1.93. The largest absolute Gasteiger partial charge is 0.355 e. The summed E-state index contributed by atoms with van der Waals surface area (Å²) in [6, 6.07) is 5.82. The fourth-order valence-corrected chi connectivity index (χ4v) is 2.69. The van der Waals surface area contributed by atoms with Crippen LogP contribution in [-0.4, -0.2) is 54.4 Å². The van der Waals surface area contributed by atoms with E-state index in [9.17, 15) is 9.59 Å². The zero-order chi connectivity index (χ0) is 17.7. The summed E-state index contributed by atoms with van der Waals surface area (Å²) < 4.78 is 0. The first kappa shape index (κ1) is 18.2. The Hall–Kier alpha value is -2.11. The van der Waals surface area contributed by atoms with Crippen LogP contribution in [0, 0.1) is 11.3 Å². The molecule has 0 aliphatic carbocycles. The van der Waals surface area contributed by atoms with Crippen molar-refractivity contribution in [3.05, 3.63) is 24.4 Å². The van der Waals surface area contributed by atoms with Crippen LogP contribution in [0.25, 0.3) is 0 Å². The van der Waals surface area contributed by atoms with E-state index in [0.717, 1.165) is 18.9 Å². The molecule has 0 atom stereocenters. The van der Waals surface area contributed by atoms with Gasteiger partial charge >= 0.3 is 0 Å².